The van der Waals surface area contributed by atoms with E-state index < -0.39 is 24.0 Å². The molecule has 2 atom stereocenters. The van der Waals surface area contributed by atoms with E-state index in [-0.39, 0.29) is 25.0 Å². The van der Waals surface area contributed by atoms with Crippen molar-refractivity contribution in [3.63, 3.8) is 0 Å². The Hall–Kier alpha value is -3.35. The number of amides is 2. The van der Waals surface area contributed by atoms with Crippen LogP contribution in [0.5, 0.6) is 0 Å². The molecule has 0 heterocycles. The lowest BCUT2D eigenvalue weighted by Crippen LogP contribution is -2.46. The normalized spacial score (nSPS) is 14.0. The number of aliphatic carboxylic acids is 1. The molecule has 3 rings (SSSR count). The molecule has 0 radical (unpaired) electrons. The van der Waals surface area contributed by atoms with Gasteiger partial charge in [0, 0.05) is 12.5 Å². The van der Waals surface area contributed by atoms with Crippen LogP contribution in [0.25, 0.3) is 11.1 Å². The number of benzene rings is 2. The number of ether oxygens (including phenoxy) is 1. The summed E-state index contributed by atoms with van der Waals surface area (Å²) in [5.74, 6) is -1.99. The molecule has 0 saturated carbocycles. The van der Waals surface area contributed by atoms with Gasteiger partial charge in [-0.15, -0.1) is 0 Å². The van der Waals surface area contributed by atoms with Crippen molar-refractivity contribution in [3.05, 3.63) is 59.7 Å². The fraction of sp³-hybridized carbons (Fsp3) is 0.423. The van der Waals surface area contributed by atoms with Crippen molar-refractivity contribution in [2.24, 2.45) is 5.92 Å². The van der Waals surface area contributed by atoms with Gasteiger partial charge in [0.15, 0.2) is 0 Å². The van der Waals surface area contributed by atoms with Gasteiger partial charge in [-0.2, -0.15) is 0 Å². The van der Waals surface area contributed by atoms with Gasteiger partial charge in [0.2, 0.25) is 5.91 Å². The second-order valence-electron chi connectivity index (χ2n) is 8.35. The third kappa shape index (κ3) is 5.92. The lowest BCUT2D eigenvalue weighted by Gasteiger charge is -2.20. The monoisotopic (exact) mass is 452 g/mol. The summed E-state index contributed by atoms with van der Waals surface area (Å²) < 4.78 is 5.51. The van der Waals surface area contributed by atoms with Gasteiger partial charge in [0.1, 0.15) is 12.6 Å². The number of carboxylic acid groups (broad SMARTS) is 1. The van der Waals surface area contributed by atoms with Crippen LogP contribution < -0.4 is 10.6 Å². The number of fused-ring (bicyclic) bond motifs is 3. The van der Waals surface area contributed by atoms with Crippen LogP contribution in [0, 0.1) is 5.92 Å². The fourth-order valence-electron chi connectivity index (χ4n) is 4.23. The first-order chi connectivity index (χ1) is 16.0. The second kappa shape index (κ2) is 11.5. The molecule has 2 amide bonds. The Morgan fingerprint density at radius 3 is 2.15 bits per heavy atom. The molecule has 7 heteroatoms. The van der Waals surface area contributed by atoms with E-state index in [0.29, 0.717) is 19.3 Å². The lowest BCUT2D eigenvalue weighted by atomic mass is 9.98. The molecular formula is C26H32N2O5. The molecule has 0 aromatic heterocycles. The highest BCUT2D eigenvalue weighted by atomic mass is 16.5. The molecule has 0 fully saturated rings. The average Bonchev–Trinajstić information content (AvgIpc) is 3.14. The van der Waals surface area contributed by atoms with Crippen molar-refractivity contribution < 1.29 is 24.2 Å². The Labute approximate surface area is 194 Å². The molecule has 0 saturated heterocycles. The Bertz CT molecular complexity index is 945. The number of carboxylic acids is 1. The van der Waals surface area contributed by atoms with Crippen molar-refractivity contribution in [2.45, 2.75) is 51.5 Å². The number of alkyl carbamates (subject to hydrolysis) is 1. The first-order valence-corrected chi connectivity index (χ1v) is 11.6. The molecule has 0 bridgehead atoms. The van der Waals surface area contributed by atoms with E-state index in [4.69, 9.17) is 4.74 Å². The van der Waals surface area contributed by atoms with Crippen LogP contribution >= 0.6 is 0 Å². The molecule has 2 aromatic rings. The minimum atomic E-state index is -1.05. The maximum absolute atomic E-state index is 12.5. The molecule has 7 nitrogen and oxygen atoms in total. The summed E-state index contributed by atoms with van der Waals surface area (Å²) in [7, 11) is 0. The van der Waals surface area contributed by atoms with E-state index in [1.54, 1.807) is 0 Å². The third-order valence-electron chi connectivity index (χ3n) is 6.16. The Kier molecular flexibility index (Phi) is 8.46. The molecule has 3 N–H and O–H groups in total. The van der Waals surface area contributed by atoms with Crippen molar-refractivity contribution in [3.8, 4) is 11.1 Å². The van der Waals surface area contributed by atoms with E-state index in [0.717, 1.165) is 28.7 Å². The van der Waals surface area contributed by atoms with Gasteiger partial charge in [-0.05, 0) is 35.1 Å². The summed E-state index contributed by atoms with van der Waals surface area (Å²) in [5.41, 5.74) is 4.56. The highest BCUT2D eigenvalue weighted by molar-refractivity contribution is 5.85. The quantitative estimate of drug-likeness (QED) is 0.471. The SMILES string of the molecule is CCCC[C@H](NC(=O)C(CC)CNC(=O)OCC1c2ccccc2-c2ccccc21)C(=O)O. The molecular weight excluding hydrogens is 420 g/mol. The summed E-state index contributed by atoms with van der Waals surface area (Å²) >= 11 is 0. The largest absolute Gasteiger partial charge is 0.480 e. The number of carbonyl (C=O) groups excluding carboxylic acids is 2. The Balaban J connectivity index is 1.53. The lowest BCUT2D eigenvalue weighted by molar-refractivity contribution is -0.142. The van der Waals surface area contributed by atoms with Crippen LogP contribution in [-0.2, 0) is 14.3 Å². The topological polar surface area (TPSA) is 105 Å². The molecule has 176 valence electrons. The maximum Gasteiger partial charge on any atom is 0.407 e. The number of hydrogen-bond acceptors (Lipinski definition) is 4. The molecule has 0 aliphatic heterocycles. The van der Waals surface area contributed by atoms with Crippen LogP contribution in [0.15, 0.2) is 48.5 Å². The van der Waals surface area contributed by atoms with Gasteiger partial charge in [0.25, 0.3) is 0 Å². The number of hydrogen-bond donors (Lipinski definition) is 3. The standard InChI is InChI=1S/C26H32N2O5/c1-3-5-14-23(25(30)31)28-24(29)17(4-2)15-27-26(32)33-16-22-20-12-8-6-10-18(20)19-11-7-9-13-21(19)22/h6-13,17,22-23H,3-5,14-16H2,1-2H3,(H,27,32)(H,28,29)(H,30,31)/t17?,23-/m0/s1. The van der Waals surface area contributed by atoms with Gasteiger partial charge in [-0.25, -0.2) is 9.59 Å². The summed E-state index contributed by atoms with van der Waals surface area (Å²) in [4.78, 5) is 36.3. The third-order valence-corrected chi connectivity index (χ3v) is 6.16. The van der Waals surface area contributed by atoms with E-state index in [1.807, 2.05) is 38.1 Å². The van der Waals surface area contributed by atoms with Gasteiger partial charge >= 0.3 is 12.1 Å². The van der Waals surface area contributed by atoms with E-state index >= 15 is 0 Å². The zero-order chi connectivity index (χ0) is 23.8. The molecule has 0 spiro atoms. The van der Waals surface area contributed by atoms with Crippen LogP contribution in [0.1, 0.15) is 56.6 Å². The van der Waals surface area contributed by atoms with Crippen LogP contribution in [0.3, 0.4) is 0 Å². The number of nitrogens with one attached hydrogen (secondary N) is 2. The maximum atomic E-state index is 12.5. The van der Waals surface area contributed by atoms with Crippen molar-refractivity contribution in [1.82, 2.24) is 10.6 Å². The van der Waals surface area contributed by atoms with Crippen LogP contribution in [0.2, 0.25) is 0 Å². The highest BCUT2D eigenvalue weighted by Crippen LogP contribution is 2.44. The van der Waals surface area contributed by atoms with Gasteiger partial charge in [0.05, 0.1) is 5.92 Å². The zero-order valence-corrected chi connectivity index (χ0v) is 19.2. The summed E-state index contributed by atoms with van der Waals surface area (Å²) in [6, 6.07) is 15.3. The van der Waals surface area contributed by atoms with Crippen molar-refractivity contribution in [2.75, 3.05) is 13.2 Å². The van der Waals surface area contributed by atoms with Crippen molar-refractivity contribution >= 4 is 18.0 Å². The van der Waals surface area contributed by atoms with Gasteiger partial charge in [-0.3, -0.25) is 4.79 Å². The Morgan fingerprint density at radius 2 is 1.61 bits per heavy atom. The number of carbonyl (C=O) groups is 3. The van der Waals surface area contributed by atoms with E-state index in [2.05, 4.69) is 34.9 Å². The number of unbranched alkanes of at least 4 members (excludes halogenated alkanes) is 1. The minimum absolute atomic E-state index is 0.0386. The number of rotatable bonds is 11. The van der Waals surface area contributed by atoms with E-state index in [1.165, 1.54) is 0 Å². The molecule has 33 heavy (non-hydrogen) atoms. The molecule has 1 aliphatic carbocycles. The zero-order valence-electron chi connectivity index (χ0n) is 19.2. The summed E-state index contributed by atoms with van der Waals surface area (Å²) in [6.07, 6.45) is 1.82. The van der Waals surface area contributed by atoms with E-state index in [9.17, 15) is 19.5 Å². The predicted molar refractivity (Wildman–Crippen MR) is 126 cm³/mol. The first-order valence-electron chi connectivity index (χ1n) is 11.6. The fourth-order valence-corrected chi connectivity index (χ4v) is 4.23. The first kappa shape index (κ1) is 24.3. The van der Waals surface area contributed by atoms with Gasteiger partial charge in [-0.1, -0.05) is 75.2 Å². The molecule has 1 unspecified atom stereocenters. The second-order valence-corrected chi connectivity index (χ2v) is 8.35. The van der Waals surface area contributed by atoms with Crippen LogP contribution in [-0.4, -0.2) is 42.3 Å². The Morgan fingerprint density at radius 1 is 1.00 bits per heavy atom. The highest BCUT2D eigenvalue weighted by Gasteiger charge is 2.29. The summed E-state index contributed by atoms with van der Waals surface area (Å²) in [6.45, 7) is 4.07. The van der Waals surface area contributed by atoms with Crippen LogP contribution in [0.4, 0.5) is 4.79 Å². The molecule has 2 aromatic carbocycles. The minimum Gasteiger partial charge on any atom is -0.480 e. The smallest absolute Gasteiger partial charge is 0.407 e. The average molecular weight is 453 g/mol. The molecule has 1 aliphatic rings. The predicted octanol–water partition coefficient (Wildman–Crippen LogP) is 4.31. The van der Waals surface area contributed by atoms with Crippen molar-refractivity contribution in [1.29, 1.82) is 0 Å². The van der Waals surface area contributed by atoms with Gasteiger partial charge < -0.3 is 20.5 Å². The summed E-state index contributed by atoms with van der Waals surface area (Å²) in [5, 5.41) is 14.6.